The first-order valence-electron chi connectivity index (χ1n) is 17.8. The van der Waals surface area contributed by atoms with Gasteiger partial charge < -0.3 is 24.6 Å². The molecule has 10 nitrogen and oxygen atoms in total. The molecular formula is C39H61O10P. The number of unbranched alkanes of at least 4 members (excludes halogenated alkanes) is 5. The summed E-state index contributed by atoms with van der Waals surface area (Å²) in [7, 11) is -4.64. The van der Waals surface area contributed by atoms with Gasteiger partial charge in [0, 0.05) is 12.8 Å². The van der Waals surface area contributed by atoms with E-state index < -0.39 is 51.8 Å². The van der Waals surface area contributed by atoms with Crippen molar-refractivity contribution in [3.05, 3.63) is 97.2 Å². The average molecular weight is 721 g/mol. The third-order valence-corrected chi connectivity index (χ3v) is 7.56. The van der Waals surface area contributed by atoms with Gasteiger partial charge in [0.2, 0.25) is 0 Å². The van der Waals surface area contributed by atoms with Gasteiger partial charge in [-0.3, -0.25) is 18.6 Å². The number of hydrogen-bond acceptors (Lipinski definition) is 9. The van der Waals surface area contributed by atoms with Crippen LogP contribution in [0.15, 0.2) is 97.2 Å². The van der Waals surface area contributed by atoms with Gasteiger partial charge in [-0.25, -0.2) is 4.57 Å². The van der Waals surface area contributed by atoms with Gasteiger partial charge in [-0.15, -0.1) is 0 Å². The molecule has 0 aromatic carbocycles. The first kappa shape index (κ1) is 46.9. The maximum Gasteiger partial charge on any atom is 0.472 e. The van der Waals surface area contributed by atoms with Crippen molar-refractivity contribution in [1.29, 1.82) is 0 Å². The summed E-state index contributed by atoms with van der Waals surface area (Å²) in [6.07, 6.45) is 39.7. The molecule has 0 spiro atoms. The molecule has 2 unspecified atom stereocenters. The molecule has 0 aliphatic heterocycles. The van der Waals surface area contributed by atoms with E-state index in [0.29, 0.717) is 19.3 Å². The SMILES string of the molecule is CC/C=C/C=C/C=C/C=C/C=C/CCCC(=O)OC(COC(=O)CCCCCC/C=C/C/C=C/C/C=C/CC)COP(=O)(O)OC[C@@H](O)CO. The molecule has 0 aromatic heterocycles. The van der Waals surface area contributed by atoms with E-state index in [1.807, 2.05) is 54.7 Å². The quantitative estimate of drug-likeness (QED) is 0.0209. The van der Waals surface area contributed by atoms with E-state index in [2.05, 4.69) is 60.9 Å². The number of phosphoric acid groups is 1. The second-order valence-corrected chi connectivity index (χ2v) is 12.7. The molecule has 282 valence electrons. The van der Waals surface area contributed by atoms with Crippen LogP contribution in [0.2, 0.25) is 0 Å². The summed E-state index contributed by atoms with van der Waals surface area (Å²) in [4.78, 5) is 34.7. The number of esters is 2. The van der Waals surface area contributed by atoms with E-state index in [0.717, 1.165) is 51.4 Å². The minimum atomic E-state index is -4.64. The number of carbonyl (C=O) groups is 2. The highest BCUT2D eigenvalue weighted by atomic mass is 31.2. The Morgan fingerprint density at radius 1 is 0.620 bits per heavy atom. The summed E-state index contributed by atoms with van der Waals surface area (Å²) in [6, 6.07) is 0. The number of carbonyl (C=O) groups excluding carboxylic acids is 2. The minimum absolute atomic E-state index is 0.0764. The highest BCUT2D eigenvalue weighted by molar-refractivity contribution is 7.47. The molecule has 0 heterocycles. The van der Waals surface area contributed by atoms with Gasteiger partial charge in [-0.2, -0.15) is 0 Å². The second kappa shape index (κ2) is 34.3. The van der Waals surface area contributed by atoms with Crippen LogP contribution < -0.4 is 0 Å². The van der Waals surface area contributed by atoms with Crippen LogP contribution in [0.5, 0.6) is 0 Å². The van der Waals surface area contributed by atoms with Crippen molar-refractivity contribution in [1.82, 2.24) is 0 Å². The fourth-order valence-electron chi connectivity index (χ4n) is 3.92. The molecule has 0 aliphatic rings. The number of phosphoric ester groups is 1. The Kier molecular flexibility index (Phi) is 32.2. The second-order valence-electron chi connectivity index (χ2n) is 11.2. The normalized spacial score (nSPS) is 15.2. The highest BCUT2D eigenvalue weighted by Crippen LogP contribution is 2.43. The average Bonchev–Trinajstić information content (AvgIpc) is 3.10. The topological polar surface area (TPSA) is 149 Å². The van der Waals surface area contributed by atoms with Crippen LogP contribution in [0.4, 0.5) is 0 Å². The zero-order chi connectivity index (χ0) is 37.0. The van der Waals surface area contributed by atoms with Crippen molar-refractivity contribution in [2.24, 2.45) is 0 Å². The molecule has 3 atom stereocenters. The van der Waals surface area contributed by atoms with Gasteiger partial charge >= 0.3 is 19.8 Å². The van der Waals surface area contributed by atoms with Crippen LogP contribution in [-0.2, 0) is 32.7 Å². The van der Waals surface area contributed by atoms with Crippen molar-refractivity contribution in [2.45, 2.75) is 110 Å². The molecule has 3 N–H and O–H groups in total. The summed E-state index contributed by atoms with van der Waals surface area (Å²) in [5, 5.41) is 18.2. The fraction of sp³-hybridized carbons (Fsp3) is 0.538. The number of aliphatic hydroxyl groups excluding tert-OH is 2. The van der Waals surface area contributed by atoms with Crippen molar-refractivity contribution >= 4 is 19.8 Å². The predicted molar refractivity (Wildman–Crippen MR) is 200 cm³/mol. The van der Waals surface area contributed by atoms with Crippen LogP contribution in [0.1, 0.15) is 97.3 Å². The van der Waals surface area contributed by atoms with E-state index in [4.69, 9.17) is 19.1 Å². The summed E-state index contributed by atoms with van der Waals surface area (Å²) < 4.78 is 32.4. The number of hydrogen-bond donors (Lipinski definition) is 3. The van der Waals surface area contributed by atoms with E-state index in [-0.39, 0.29) is 19.4 Å². The van der Waals surface area contributed by atoms with Crippen LogP contribution >= 0.6 is 7.82 Å². The monoisotopic (exact) mass is 720 g/mol. The molecular weight excluding hydrogens is 659 g/mol. The number of rotatable bonds is 31. The van der Waals surface area contributed by atoms with Crippen molar-refractivity contribution in [3.63, 3.8) is 0 Å². The Morgan fingerprint density at radius 3 is 1.82 bits per heavy atom. The molecule has 0 aromatic rings. The summed E-state index contributed by atoms with van der Waals surface area (Å²) in [5.41, 5.74) is 0. The maximum atomic E-state index is 12.5. The zero-order valence-corrected chi connectivity index (χ0v) is 31.0. The van der Waals surface area contributed by atoms with Crippen molar-refractivity contribution < 1.29 is 47.8 Å². The third kappa shape index (κ3) is 33.4. The van der Waals surface area contributed by atoms with Crippen LogP contribution in [0.3, 0.4) is 0 Å². The lowest BCUT2D eigenvalue weighted by Crippen LogP contribution is -2.29. The summed E-state index contributed by atoms with van der Waals surface area (Å²) >= 11 is 0. The van der Waals surface area contributed by atoms with E-state index in [1.54, 1.807) is 0 Å². The van der Waals surface area contributed by atoms with E-state index >= 15 is 0 Å². The van der Waals surface area contributed by atoms with Crippen molar-refractivity contribution in [3.8, 4) is 0 Å². The molecule has 0 amide bonds. The molecule has 0 fully saturated rings. The van der Waals surface area contributed by atoms with Gasteiger partial charge in [0.15, 0.2) is 6.10 Å². The van der Waals surface area contributed by atoms with Gasteiger partial charge in [0.1, 0.15) is 12.7 Å². The lowest BCUT2D eigenvalue weighted by molar-refractivity contribution is -0.161. The molecule has 50 heavy (non-hydrogen) atoms. The Hall–Kier alpha value is -3.11. The van der Waals surface area contributed by atoms with E-state index in [1.165, 1.54) is 0 Å². The summed E-state index contributed by atoms with van der Waals surface area (Å²) in [6.45, 7) is 1.95. The van der Waals surface area contributed by atoms with Crippen LogP contribution in [0.25, 0.3) is 0 Å². The molecule has 0 saturated carbocycles. The van der Waals surface area contributed by atoms with Gasteiger partial charge in [-0.1, -0.05) is 124 Å². The van der Waals surface area contributed by atoms with Gasteiger partial charge in [-0.05, 0) is 57.8 Å². The largest absolute Gasteiger partial charge is 0.472 e. The molecule has 11 heteroatoms. The fourth-order valence-corrected chi connectivity index (χ4v) is 4.71. The first-order chi connectivity index (χ1) is 24.2. The Labute approximate surface area is 300 Å². The number of ether oxygens (including phenoxy) is 2. The summed E-state index contributed by atoms with van der Waals surface area (Å²) in [5.74, 6) is -1.05. The van der Waals surface area contributed by atoms with Gasteiger partial charge in [0.05, 0.1) is 19.8 Å². The van der Waals surface area contributed by atoms with Crippen LogP contribution in [-0.4, -0.2) is 65.7 Å². The molecule has 0 saturated heterocycles. The highest BCUT2D eigenvalue weighted by Gasteiger charge is 2.27. The number of aliphatic hydroxyl groups is 2. The zero-order valence-electron chi connectivity index (χ0n) is 30.1. The maximum absolute atomic E-state index is 12.5. The lowest BCUT2D eigenvalue weighted by Gasteiger charge is -2.20. The van der Waals surface area contributed by atoms with Crippen LogP contribution in [0, 0.1) is 0 Å². The van der Waals surface area contributed by atoms with E-state index in [9.17, 15) is 24.2 Å². The Morgan fingerprint density at radius 2 is 1.16 bits per heavy atom. The Bertz CT molecular complexity index is 1150. The third-order valence-electron chi connectivity index (χ3n) is 6.61. The Balaban J connectivity index is 4.60. The number of allylic oxidation sites excluding steroid dienone is 16. The van der Waals surface area contributed by atoms with Crippen molar-refractivity contribution in [2.75, 3.05) is 26.4 Å². The molecule has 0 rings (SSSR count). The predicted octanol–water partition coefficient (Wildman–Crippen LogP) is 8.49. The molecule has 0 radical (unpaired) electrons. The standard InChI is InChI=1S/C39H61O10P/c1-3-5-7-9-11-13-15-17-19-20-22-24-26-28-30-38(42)46-34-37(35-48-50(44,45)47-33-36(41)32-40)49-39(43)31-29-27-25-23-21-18-16-14-12-10-8-6-4-2/h5-8,10-14,16-19,21,23,25,36-37,40-41H,3-4,9,15,20,22,24,26-35H2,1-2H3,(H,44,45)/b7-5+,8-6+,12-10+,13-11+,16-14+,19-17+,21-18+,25-23+/t36-,37?/m0/s1. The molecule has 0 bridgehead atoms. The lowest BCUT2D eigenvalue weighted by atomic mass is 10.1. The molecule has 0 aliphatic carbocycles. The minimum Gasteiger partial charge on any atom is -0.462 e. The smallest absolute Gasteiger partial charge is 0.462 e. The van der Waals surface area contributed by atoms with Gasteiger partial charge in [0.25, 0.3) is 0 Å². The first-order valence-corrected chi connectivity index (χ1v) is 19.3.